The molecule has 19 heavy (non-hydrogen) atoms. The first-order valence-electron chi connectivity index (χ1n) is 5.57. The van der Waals surface area contributed by atoms with Crippen molar-refractivity contribution >= 4 is 17.9 Å². The van der Waals surface area contributed by atoms with Crippen LogP contribution in [0.5, 0.6) is 0 Å². The summed E-state index contributed by atoms with van der Waals surface area (Å²) in [5.74, 6) is -1.00. The molecule has 1 aliphatic rings. The van der Waals surface area contributed by atoms with Crippen molar-refractivity contribution in [1.82, 2.24) is 10.4 Å². The number of hydroxylamine groups is 2. The number of nitrogens with one attached hydrogen (secondary N) is 1. The van der Waals surface area contributed by atoms with Gasteiger partial charge in [0.05, 0.1) is 24.8 Å². The average Bonchev–Trinajstić information content (AvgIpc) is 2.68. The standard InChI is InChI=1S/C12H12N2O5/c1-18-12(17)13-6-7-19-14-10(15)8-4-2-3-5-9(8)11(14)16/h2-5H,6-7H2,1H3,(H,13,17). The van der Waals surface area contributed by atoms with Crippen LogP contribution in [0.15, 0.2) is 24.3 Å². The van der Waals surface area contributed by atoms with E-state index < -0.39 is 17.9 Å². The smallest absolute Gasteiger partial charge is 0.406 e. The minimum absolute atomic E-state index is 0.0133. The van der Waals surface area contributed by atoms with Crippen LogP contribution in [0.3, 0.4) is 0 Å². The van der Waals surface area contributed by atoms with E-state index in [0.717, 1.165) is 0 Å². The second-order valence-corrected chi connectivity index (χ2v) is 3.70. The molecule has 0 atom stereocenters. The Morgan fingerprint density at radius 2 is 1.79 bits per heavy atom. The van der Waals surface area contributed by atoms with Crippen LogP contribution in [0.2, 0.25) is 0 Å². The van der Waals surface area contributed by atoms with E-state index in [2.05, 4.69) is 10.1 Å². The van der Waals surface area contributed by atoms with Crippen molar-refractivity contribution in [3.63, 3.8) is 0 Å². The Labute approximate surface area is 109 Å². The van der Waals surface area contributed by atoms with Gasteiger partial charge in [0.2, 0.25) is 0 Å². The van der Waals surface area contributed by atoms with Crippen LogP contribution in [0.4, 0.5) is 4.79 Å². The normalized spacial score (nSPS) is 13.4. The number of methoxy groups -OCH3 is 1. The molecular weight excluding hydrogens is 252 g/mol. The largest absolute Gasteiger partial charge is 0.453 e. The van der Waals surface area contributed by atoms with Gasteiger partial charge in [-0.05, 0) is 12.1 Å². The second-order valence-electron chi connectivity index (χ2n) is 3.70. The number of alkyl carbamates (subject to hydrolysis) is 1. The van der Waals surface area contributed by atoms with Gasteiger partial charge in [-0.3, -0.25) is 14.4 Å². The number of hydrogen-bond donors (Lipinski definition) is 1. The van der Waals surface area contributed by atoms with Crippen molar-refractivity contribution in [1.29, 1.82) is 0 Å². The number of imide groups is 1. The Kier molecular flexibility index (Phi) is 3.76. The van der Waals surface area contributed by atoms with Crippen molar-refractivity contribution < 1.29 is 24.0 Å². The fourth-order valence-corrected chi connectivity index (χ4v) is 1.65. The van der Waals surface area contributed by atoms with Crippen molar-refractivity contribution in [2.24, 2.45) is 0 Å². The van der Waals surface area contributed by atoms with Crippen LogP contribution in [0.25, 0.3) is 0 Å². The molecule has 0 fully saturated rings. The molecule has 7 nitrogen and oxygen atoms in total. The molecule has 0 aliphatic carbocycles. The molecular formula is C12H12N2O5. The van der Waals surface area contributed by atoms with E-state index in [9.17, 15) is 14.4 Å². The predicted octanol–water partition coefficient (Wildman–Crippen LogP) is 0.570. The lowest BCUT2D eigenvalue weighted by molar-refractivity contribution is -0.0894. The van der Waals surface area contributed by atoms with Gasteiger partial charge in [0.15, 0.2) is 0 Å². The fraction of sp³-hybridized carbons (Fsp3) is 0.250. The van der Waals surface area contributed by atoms with Crippen LogP contribution in [-0.4, -0.2) is 43.2 Å². The summed E-state index contributed by atoms with van der Waals surface area (Å²) >= 11 is 0. The molecule has 2 rings (SSSR count). The molecule has 0 aromatic heterocycles. The first-order chi connectivity index (χ1) is 9.15. The summed E-state index contributed by atoms with van der Waals surface area (Å²) in [6.45, 7) is 0.112. The first kappa shape index (κ1) is 13.0. The van der Waals surface area contributed by atoms with Gasteiger partial charge in [-0.15, -0.1) is 5.06 Å². The lowest BCUT2D eigenvalue weighted by Crippen LogP contribution is -2.34. The molecule has 0 spiro atoms. The van der Waals surface area contributed by atoms with E-state index in [-0.39, 0.29) is 13.2 Å². The highest BCUT2D eigenvalue weighted by Gasteiger charge is 2.36. The molecule has 0 unspecified atom stereocenters. The lowest BCUT2D eigenvalue weighted by atomic mass is 10.1. The second kappa shape index (κ2) is 5.49. The number of ether oxygens (including phenoxy) is 1. The molecule has 0 saturated heterocycles. The number of carbonyl (C=O) groups excluding carboxylic acids is 3. The summed E-state index contributed by atoms with van der Waals surface area (Å²) in [6, 6.07) is 6.47. The Balaban J connectivity index is 1.92. The van der Waals surface area contributed by atoms with Crippen LogP contribution < -0.4 is 5.32 Å². The number of hydrogen-bond acceptors (Lipinski definition) is 5. The van der Waals surface area contributed by atoms with Gasteiger partial charge >= 0.3 is 6.09 Å². The third-order valence-corrected chi connectivity index (χ3v) is 2.53. The molecule has 0 radical (unpaired) electrons. The molecule has 1 aliphatic heterocycles. The maximum atomic E-state index is 11.9. The number of carbonyl (C=O) groups is 3. The Hall–Kier alpha value is -2.41. The van der Waals surface area contributed by atoms with E-state index in [1.165, 1.54) is 7.11 Å². The van der Waals surface area contributed by atoms with Gasteiger partial charge in [-0.2, -0.15) is 0 Å². The zero-order chi connectivity index (χ0) is 13.8. The molecule has 1 heterocycles. The first-order valence-corrected chi connectivity index (χ1v) is 5.57. The number of nitrogens with zero attached hydrogens (tertiary/aromatic N) is 1. The van der Waals surface area contributed by atoms with Gasteiger partial charge in [-0.1, -0.05) is 12.1 Å². The zero-order valence-corrected chi connectivity index (χ0v) is 10.2. The Bertz CT molecular complexity index is 494. The van der Waals surface area contributed by atoms with Crippen molar-refractivity contribution in [3.05, 3.63) is 35.4 Å². The summed E-state index contributed by atoms with van der Waals surface area (Å²) in [5.41, 5.74) is 0.627. The SMILES string of the molecule is COC(=O)NCCON1C(=O)c2ccccc2C1=O. The van der Waals surface area contributed by atoms with Gasteiger partial charge in [0.25, 0.3) is 11.8 Å². The van der Waals surface area contributed by atoms with Gasteiger partial charge in [-0.25, -0.2) is 4.79 Å². The minimum atomic E-state index is -0.606. The number of fused-ring (bicyclic) bond motifs is 1. The highest BCUT2D eigenvalue weighted by Crippen LogP contribution is 2.22. The predicted molar refractivity (Wildman–Crippen MR) is 63.3 cm³/mol. The zero-order valence-electron chi connectivity index (χ0n) is 10.2. The van der Waals surface area contributed by atoms with Crippen molar-refractivity contribution in [2.75, 3.05) is 20.3 Å². The fourth-order valence-electron chi connectivity index (χ4n) is 1.65. The van der Waals surface area contributed by atoms with Crippen molar-refractivity contribution in [2.45, 2.75) is 0 Å². The summed E-state index contributed by atoms with van der Waals surface area (Å²) in [7, 11) is 1.24. The van der Waals surface area contributed by atoms with E-state index in [1.807, 2.05) is 0 Å². The van der Waals surface area contributed by atoms with Crippen LogP contribution in [-0.2, 0) is 9.57 Å². The molecule has 100 valence electrons. The van der Waals surface area contributed by atoms with Crippen LogP contribution >= 0.6 is 0 Å². The lowest BCUT2D eigenvalue weighted by Gasteiger charge is -2.13. The Morgan fingerprint density at radius 3 is 2.32 bits per heavy atom. The molecule has 1 aromatic carbocycles. The number of benzene rings is 1. The van der Waals surface area contributed by atoms with E-state index in [0.29, 0.717) is 16.2 Å². The molecule has 1 N–H and O–H groups in total. The van der Waals surface area contributed by atoms with Gasteiger partial charge < -0.3 is 10.1 Å². The van der Waals surface area contributed by atoms with Gasteiger partial charge in [0.1, 0.15) is 0 Å². The molecule has 1 aromatic rings. The minimum Gasteiger partial charge on any atom is -0.453 e. The van der Waals surface area contributed by atoms with E-state index in [4.69, 9.17) is 4.84 Å². The van der Waals surface area contributed by atoms with Crippen molar-refractivity contribution in [3.8, 4) is 0 Å². The summed E-state index contributed by atoms with van der Waals surface area (Å²) in [5, 5.41) is 3.07. The summed E-state index contributed by atoms with van der Waals surface area (Å²) in [6.07, 6.45) is -0.606. The van der Waals surface area contributed by atoms with Gasteiger partial charge in [0, 0.05) is 6.54 Å². The average molecular weight is 264 g/mol. The third kappa shape index (κ3) is 2.55. The highest BCUT2D eigenvalue weighted by molar-refractivity contribution is 6.20. The molecule has 0 saturated carbocycles. The highest BCUT2D eigenvalue weighted by atomic mass is 16.7. The quantitative estimate of drug-likeness (QED) is 0.634. The van der Waals surface area contributed by atoms with Crippen LogP contribution in [0, 0.1) is 0 Å². The van der Waals surface area contributed by atoms with Crippen LogP contribution in [0.1, 0.15) is 20.7 Å². The third-order valence-electron chi connectivity index (χ3n) is 2.53. The van der Waals surface area contributed by atoms with E-state index in [1.54, 1.807) is 24.3 Å². The molecule has 0 bridgehead atoms. The monoisotopic (exact) mass is 264 g/mol. The summed E-state index contributed by atoms with van der Waals surface area (Å²) in [4.78, 5) is 39.6. The summed E-state index contributed by atoms with van der Waals surface area (Å²) < 4.78 is 4.36. The maximum Gasteiger partial charge on any atom is 0.406 e. The maximum absolute atomic E-state index is 11.9. The Morgan fingerprint density at radius 1 is 1.21 bits per heavy atom. The molecule has 3 amide bonds. The topological polar surface area (TPSA) is 84.9 Å². The number of rotatable bonds is 4. The van der Waals surface area contributed by atoms with E-state index >= 15 is 0 Å². The number of amides is 3. The molecule has 7 heteroatoms.